The first-order valence-corrected chi connectivity index (χ1v) is 10.3. The van der Waals surface area contributed by atoms with Gasteiger partial charge in [0.2, 0.25) is 5.95 Å². The Morgan fingerprint density at radius 2 is 2.00 bits per heavy atom. The van der Waals surface area contributed by atoms with Crippen molar-refractivity contribution in [2.45, 2.75) is 40.2 Å². The van der Waals surface area contributed by atoms with Crippen LogP contribution in [0.4, 0.5) is 10.7 Å². The molecule has 1 N–H and O–H groups in total. The molecule has 2 heterocycles. The van der Waals surface area contributed by atoms with E-state index in [0.29, 0.717) is 56.1 Å². The van der Waals surface area contributed by atoms with Gasteiger partial charge in [0.1, 0.15) is 18.2 Å². The van der Waals surface area contributed by atoms with E-state index in [1.54, 1.807) is 17.0 Å². The van der Waals surface area contributed by atoms with Crippen LogP contribution in [-0.4, -0.2) is 70.7 Å². The molecule has 0 bridgehead atoms. The third-order valence-corrected chi connectivity index (χ3v) is 4.10. The number of benzene rings is 1. The number of aromatic nitrogens is 3. The number of amides is 1. The molecule has 1 amide bonds. The predicted octanol–water partition coefficient (Wildman–Crippen LogP) is 4.08. The number of carbonyl (C=O) groups excluding carboxylic acids is 2. The molecule has 1 aliphatic heterocycles. The second-order valence-corrected chi connectivity index (χ2v) is 8.04. The molecule has 0 unspecified atom stereocenters. The summed E-state index contributed by atoms with van der Waals surface area (Å²) in [6.07, 6.45) is 2.44. The second kappa shape index (κ2) is 13.6. The molecule has 1 fully saturated rings. The molecule has 0 atom stereocenters. The van der Waals surface area contributed by atoms with Gasteiger partial charge in [-0.15, -0.1) is 0 Å². The maximum absolute atomic E-state index is 11.5. The summed E-state index contributed by atoms with van der Waals surface area (Å²) in [4.78, 5) is 35.7. The van der Waals surface area contributed by atoms with Gasteiger partial charge in [0.05, 0.1) is 13.2 Å². The summed E-state index contributed by atoms with van der Waals surface area (Å²) in [6, 6.07) is 7.28. The number of ether oxygens (including phenoxy) is 2. The number of nitrogens with zero attached hydrogens (tertiary/aromatic N) is 4. The molecular formula is C22H32ClN5O4. The third kappa shape index (κ3) is 10.0. The lowest BCUT2D eigenvalue weighted by molar-refractivity contribution is -0.107. The number of halogens is 1. The van der Waals surface area contributed by atoms with E-state index in [0.717, 1.165) is 11.8 Å². The molecule has 1 saturated heterocycles. The summed E-state index contributed by atoms with van der Waals surface area (Å²) < 4.78 is 10.3. The van der Waals surface area contributed by atoms with Crippen LogP contribution in [0.25, 0.3) is 11.4 Å². The first-order chi connectivity index (χ1) is 14.8. The van der Waals surface area contributed by atoms with E-state index >= 15 is 0 Å². The van der Waals surface area contributed by atoms with Crippen LogP contribution >= 0.6 is 11.6 Å². The molecule has 1 aromatic carbocycles. The molecule has 1 aliphatic rings. The van der Waals surface area contributed by atoms with Gasteiger partial charge in [0, 0.05) is 36.6 Å². The number of aldehydes is 1. The van der Waals surface area contributed by atoms with E-state index in [-0.39, 0.29) is 13.5 Å². The van der Waals surface area contributed by atoms with Crippen LogP contribution in [0.1, 0.15) is 34.6 Å². The summed E-state index contributed by atoms with van der Waals surface area (Å²) in [5.74, 6) is 0.989. The molecule has 176 valence electrons. The SMILES string of the molecule is C.CC(C)(C)OC(=O)N1CCOCC1.O=CCCNc1ncnc(-c2cccc(Cl)c2)n1. The highest BCUT2D eigenvalue weighted by Gasteiger charge is 2.23. The minimum Gasteiger partial charge on any atom is -0.444 e. The molecule has 10 heteroatoms. The topological polar surface area (TPSA) is 107 Å². The van der Waals surface area contributed by atoms with Crippen LogP contribution in [0, 0.1) is 0 Å². The Morgan fingerprint density at radius 3 is 2.62 bits per heavy atom. The number of morpholine rings is 1. The maximum atomic E-state index is 11.5. The Kier molecular flexibility index (Phi) is 11.6. The van der Waals surface area contributed by atoms with E-state index in [1.165, 1.54) is 6.33 Å². The fraction of sp³-hybridized carbons (Fsp3) is 0.500. The molecule has 3 rings (SSSR count). The lowest BCUT2D eigenvalue weighted by Crippen LogP contribution is -2.43. The molecule has 0 radical (unpaired) electrons. The number of carbonyl (C=O) groups is 2. The average molecular weight is 466 g/mol. The summed E-state index contributed by atoms with van der Waals surface area (Å²) in [5, 5.41) is 3.57. The van der Waals surface area contributed by atoms with E-state index in [1.807, 2.05) is 32.9 Å². The molecule has 1 aromatic heterocycles. The molecule has 2 aromatic rings. The summed E-state index contributed by atoms with van der Waals surface area (Å²) >= 11 is 5.91. The number of nitrogens with one attached hydrogen (secondary N) is 1. The zero-order chi connectivity index (χ0) is 22.7. The third-order valence-electron chi connectivity index (χ3n) is 3.86. The van der Waals surface area contributed by atoms with E-state index in [4.69, 9.17) is 21.1 Å². The highest BCUT2D eigenvalue weighted by Crippen LogP contribution is 2.19. The number of hydrogen-bond acceptors (Lipinski definition) is 8. The molecular weight excluding hydrogens is 434 g/mol. The Labute approximate surface area is 194 Å². The normalized spacial score (nSPS) is 13.2. The number of hydrogen-bond donors (Lipinski definition) is 1. The second-order valence-electron chi connectivity index (χ2n) is 7.60. The largest absolute Gasteiger partial charge is 0.444 e. The van der Waals surface area contributed by atoms with E-state index in [9.17, 15) is 9.59 Å². The van der Waals surface area contributed by atoms with Crippen LogP contribution in [0.2, 0.25) is 5.02 Å². The smallest absolute Gasteiger partial charge is 0.410 e. The Balaban J connectivity index is 0.000000327. The van der Waals surface area contributed by atoms with Crippen molar-refractivity contribution >= 4 is 29.9 Å². The molecule has 0 saturated carbocycles. The summed E-state index contributed by atoms with van der Waals surface area (Å²) in [5.41, 5.74) is 0.415. The van der Waals surface area contributed by atoms with Crippen LogP contribution in [0.15, 0.2) is 30.6 Å². The van der Waals surface area contributed by atoms with Gasteiger partial charge in [-0.3, -0.25) is 0 Å². The van der Waals surface area contributed by atoms with Gasteiger partial charge in [-0.25, -0.2) is 14.8 Å². The molecule has 9 nitrogen and oxygen atoms in total. The highest BCUT2D eigenvalue weighted by atomic mass is 35.5. The summed E-state index contributed by atoms with van der Waals surface area (Å²) in [7, 11) is 0. The quantitative estimate of drug-likeness (QED) is 0.520. The molecule has 32 heavy (non-hydrogen) atoms. The fourth-order valence-electron chi connectivity index (χ4n) is 2.46. The van der Waals surface area contributed by atoms with Gasteiger partial charge in [0.25, 0.3) is 0 Å². The van der Waals surface area contributed by atoms with Crippen molar-refractivity contribution in [2.75, 3.05) is 38.2 Å². The van der Waals surface area contributed by atoms with Gasteiger partial charge < -0.3 is 24.5 Å². The van der Waals surface area contributed by atoms with Crippen molar-refractivity contribution in [1.29, 1.82) is 0 Å². The van der Waals surface area contributed by atoms with Crippen LogP contribution in [-0.2, 0) is 14.3 Å². The van der Waals surface area contributed by atoms with Gasteiger partial charge >= 0.3 is 6.09 Å². The first-order valence-electron chi connectivity index (χ1n) is 9.96. The molecule has 0 aliphatic carbocycles. The van der Waals surface area contributed by atoms with Gasteiger partial charge in [0.15, 0.2) is 5.82 Å². The maximum Gasteiger partial charge on any atom is 0.410 e. The Bertz CT molecular complexity index is 854. The standard InChI is InChI=1S/C12H11ClN4O.C9H17NO3.CH4/c13-10-4-1-3-9(7-10)11-15-8-16-12(17-11)14-5-2-6-18;1-9(2,3)13-8(11)10-4-6-12-7-5-10;/h1,3-4,6-8H,2,5H2,(H,14,15,16,17);4-7H2,1-3H3;1H4. The Morgan fingerprint density at radius 1 is 1.28 bits per heavy atom. The lowest BCUT2D eigenvalue weighted by Gasteiger charge is -2.29. The van der Waals surface area contributed by atoms with Crippen molar-refractivity contribution in [3.63, 3.8) is 0 Å². The number of rotatable bonds is 5. The number of anilines is 1. The van der Waals surface area contributed by atoms with Gasteiger partial charge in [-0.1, -0.05) is 31.2 Å². The Hall–Kier alpha value is -2.78. The summed E-state index contributed by atoms with van der Waals surface area (Å²) in [6.45, 7) is 8.59. The lowest BCUT2D eigenvalue weighted by atomic mass is 10.2. The highest BCUT2D eigenvalue weighted by molar-refractivity contribution is 6.30. The zero-order valence-electron chi connectivity index (χ0n) is 18.0. The van der Waals surface area contributed by atoms with Crippen LogP contribution in [0.3, 0.4) is 0 Å². The van der Waals surface area contributed by atoms with Crippen molar-refractivity contribution in [2.24, 2.45) is 0 Å². The van der Waals surface area contributed by atoms with Gasteiger partial charge in [-0.05, 0) is 32.9 Å². The predicted molar refractivity (Wildman–Crippen MR) is 125 cm³/mol. The van der Waals surface area contributed by atoms with E-state index < -0.39 is 5.60 Å². The molecule has 0 spiro atoms. The first kappa shape index (κ1) is 27.3. The average Bonchev–Trinajstić information content (AvgIpc) is 2.74. The van der Waals surface area contributed by atoms with Crippen molar-refractivity contribution in [1.82, 2.24) is 19.9 Å². The van der Waals surface area contributed by atoms with Crippen LogP contribution < -0.4 is 5.32 Å². The van der Waals surface area contributed by atoms with Crippen molar-refractivity contribution in [3.05, 3.63) is 35.6 Å². The monoisotopic (exact) mass is 465 g/mol. The van der Waals surface area contributed by atoms with Crippen molar-refractivity contribution in [3.8, 4) is 11.4 Å². The zero-order valence-corrected chi connectivity index (χ0v) is 18.8. The minimum absolute atomic E-state index is 0. The van der Waals surface area contributed by atoms with E-state index in [2.05, 4.69) is 20.3 Å². The van der Waals surface area contributed by atoms with Crippen LogP contribution in [0.5, 0.6) is 0 Å². The minimum atomic E-state index is -0.407. The van der Waals surface area contributed by atoms with Crippen molar-refractivity contribution < 1.29 is 19.1 Å². The fourth-order valence-corrected chi connectivity index (χ4v) is 2.65. The van der Waals surface area contributed by atoms with Gasteiger partial charge in [-0.2, -0.15) is 4.98 Å².